The molecular formula is C19H15ClN2O4. The largest absolute Gasteiger partial charge is 0.478 e. The van der Waals surface area contributed by atoms with Crippen molar-refractivity contribution in [2.24, 2.45) is 5.92 Å². The van der Waals surface area contributed by atoms with Crippen LogP contribution in [0.15, 0.2) is 48.6 Å². The Hall–Kier alpha value is -2.86. The van der Waals surface area contributed by atoms with Gasteiger partial charge in [0, 0.05) is 12.0 Å². The molecule has 0 saturated heterocycles. The molecule has 1 heterocycles. The molecule has 0 fully saturated rings. The van der Waals surface area contributed by atoms with Gasteiger partial charge in [0.05, 0.1) is 32.8 Å². The van der Waals surface area contributed by atoms with Gasteiger partial charge in [0.25, 0.3) is 5.69 Å². The van der Waals surface area contributed by atoms with Crippen molar-refractivity contribution in [2.45, 2.75) is 18.4 Å². The van der Waals surface area contributed by atoms with E-state index >= 15 is 0 Å². The zero-order valence-electron chi connectivity index (χ0n) is 13.6. The van der Waals surface area contributed by atoms with Gasteiger partial charge < -0.3 is 10.4 Å². The maximum atomic E-state index is 11.5. The third kappa shape index (κ3) is 2.54. The molecule has 1 aliphatic heterocycles. The summed E-state index contributed by atoms with van der Waals surface area (Å²) in [6, 6.07) is 9.46. The van der Waals surface area contributed by atoms with E-state index in [9.17, 15) is 20.0 Å². The number of carbonyl (C=O) groups is 1. The first-order valence-electron chi connectivity index (χ1n) is 8.20. The first-order chi connectivity index (χ1) is 12.5. The van der Waals surface area contributed by atoms with E-state index in [4.69, 9.17) is 11.6 Å². The van der Waals surface area contributed by atoms with Gasteiger partial charge >= 0.3 is 5.97 Å². The van der Waals surface area contributed by atoms with Crippen molar-refractivity contribution in [3.63, 3.8) is 0 Å². The van der Waals surface area contributed by atoms with Gasteiger partial charge in [-0.2, -0.15) is 0 Å². The number of hydrogen-bond acceptors (Lipinski definition) is 4. The average Bonchev–Trinajstić information content (AvgIpc) is 3.11. The Morgan fingerprint density at radius 1 is 1.27 bits per heavy atom. The lowest BCUT2D eigenvalue weighted by Crippen LogP contribution is -2.30. The number of nitro groups is 1. The van der Waals surface area contributed by atoms with Crippen LogP contribution in [0, 0.1) is 16.0 Å². The van der Waals surface area contributed by atoms with E-state index in [1.54, 1.807) is 24.3 Å². The van der Waals surface area contributed by atoms with Gasteiger partial charge in [-0.25, -0.2) is 4.79 Å². The molecule has 1 aliphatic carbocycles. The second-order valence-corrected chi connectivity index (χ2v) is 6.93. The lowest BCUT2D eigenvalue weighted by molar-refractivity contribution is -0.385. The summed E-state index contributed by atoms with van der Waals surface area (Å²) < 4.78 is 0. The monoisotopic (exact) mass is 370 g/mol. The first-order valence-corrected chi connectivity index (χ1v) is 8.58. The maximum absolute atomic E-state index is 11.5. The Morgan fingerprint density at radius 3 is 2.77 bits per heavy atom. The minimum atomic E-state index is -1.03. The zero-order chi connectivity index (χ0) is 18.4. The van der Waals surface area contributed by atoms with Crippen molar-refractivity contribution in [2.75, 3.05) is 5.32 Å². The molecule has 132 valence electrons. The summed E-state index contributed by atoms with van der Waals surface area (Å²) in [7, 11) is 0. The van der Waals surface area contributed by atoms with Crippen LogP contribution in [0.1, 0.15) is 39.9 Å². The summed E-state index contributed by atoms with van der Waals surface area (Å²) in [4.78, 5) is 22.4. The van der Waals surface area contributed by atoms with Gasteiger partial charge in [-0.1, -0.05) is 42.0 Å². The second-order valence-electron chi connectivity index (χ2n) is 6.52. The van der Waals surface area contributed by atoms with Crippen molar-refractivity contribution in [3.8, 4) is 0 Å². The minimum absolute atomic E-state index is 0.0344. The van der Waals surface area contributed by atoms with Gasteiger partial charge in [-0.3, -0.25) is 10.1 Å². The van der Waals surface area contributed by atoms with E-state index in [1.165, 1.54) is 12.1 Å². The van der Waals surface area contributed by atoms with E-state index in [0.717, 1.165) is 12.0 Å². The molecule has 0 radical (unpaired) electrons. The number of allylic oxidation sites excluding steroid dienone is 2. The van der Waals surface area contributed by atoms with Crippen LogP contribution >= 0.6 is 11.6 Å². The summed E-state index contributed by atoms with van der Waals surface area (Å²) in [6.45, 7) is 0. The molecule has 3 atom stereocenters. The highest BCUT2D eigenvalue weighted by atomic mass is 35.5. The topological polar surface area (TPSA) is 92.5 Å². The molecular weight excluding hydrogens is 356 g/mol. The Bertz CT molecular complexity index is 957. The van der Waals surface area contributed by atoms with Gasteiger partial charge in [-0.15, -0.1) is 0 Å². The molecule has 26 heavy (non-hydrogen) atoms. The number of nitro benzene ring substituents is 1. The van der Waals surface area contributed by atoms with Gasteiger partial charge in [0.2, 0.25) is 0 Å². The molecule has 0 unspecified atom stereocenters. The molecule has 0 saturated carbocycles. The molecule has 0 bridgehead atoms. The van der Waals surface area contributed by atoms with Gasteiger partial charge in [-0.05, 0) is 30.0 Å². The number of rotatable bonds is 3. The number of fused-ring (bicyclic) bond motifs is 3. The Labute approximate surface area is 154 Å². The van der Waals surface area contributed by atoms with E-state index < -0.39 is 5.97 Å². The van der Waals surface area contributed by atoms with Crippen molar-refractivity contribution >= 4 is 28.9 Å². The third-order valence-corrected chi connectivity index (χ3v) is 5.43. The Balaban J connectivity index is 1.86. The van der Waals surface area contributed by atoms with Crippen LogP contribution in [-0.4, -0.2) is 16.0 Å². The van der Waals surface area contributed by atoms with Crippen molar-refractivity contribution in [3.05, 3.63) is 80.4 Å². The standard InChI is InChI=1S/C19H15ClN2O4/c20-15-9-10(19(23)24)8-14-11-5-3-6-12(11)17(21-18(14)15)13-4-1-2-7-16(13)22(25)26/h1-5,7-9,11-12,17,21H,6H2,(H,23,24)/t11-,12+,17-/m1/s1. The maximum Gasteiger partial charge on any atom is 0.335 e. The van der Waals surface area contributed by atoms with Crippen molar-refractivity contribution < 1.29 is 14.8 Å². The second kappa shape index (κ2) is 6.14. The molecule has 0 amide bonds. The van der Waals surface area contributed by atoms with Crippen LogP contribution < -0.4 is 5.32 Å². The van der Waals surface area contributed by atoms with Crippen LogP contribution in [0.2, 0.25) is 5.02 Å². The number of anilines is 1. The fraction of sp³-hybridized carbons (Fsp3) is 0.211. The number of benzene rings is 2. The number of carboxylic acid groups (broad SMARTS) is 1. The average molecular weight is 371 g/mol. The number of nitrogens with one attached hydrogen (secondary N) is 1. The SMILES string of the molecule is O=C(O)c1cc(Cl)c2c(c1)[C@@H]1C=CC[C@@H]1[C@H](c1ccccc1[N+](=O)[O-])N2. The van der Waals surface area contributed by atoms with E-state index in [-0.39, 0.29) is 34.1 Å². The van der Waals surface area contributed by atoms with E-state index in [1.807, 2.05) is 12.2 Å². The molecule has 2 N–H and O–H groups in total. The van der Waals surface area contributed by atoms with E-state index in [0.29, 0.717) is 16.3 Å². The van der Waals surface area contributed by atoms with Crippen LogP contribution in [0.4, 0.5) is 11.4 Å². The molecule has 2 aromatic carbocycles. The van der Waals surface area contributed by atoms with Crippen LogP contribution in [0.5, 0.6) is 0 Å². The quantitative estimate of drug-likeness (QED) is 0.461. The molecule has 2 aromatic rings. The highest BCUT2D eigenvalue weighted by Gasteiger charge is 2.41. The number of nitrogens with zero attached hydrogens (tertiary/aromatic N) is 1. The van der Waals surface area contributed by atoms with Gasteiger partial charge in [0.1, 0.15) is 0 Å². The molecule has 0 spiro atoms. The summed E-state index contributed by atoms with van der Waals surface area (Å²) in [6.07, 6.45) is 4.83. The summed E-state index contributed by atoms with van der Waals surface area (Å²) >= 11 is 6.35. The zero-order valence-corrected chi connectivity index (χ0v) is 14.3. The molecule has 7 heteroatoms. The lowest BCUT2D eigenvalue weighted by Gasteiger charge is -2.37. The predicted octanol–water partition coefficient (Wildman–Crippen LogP) is 4.77. The summed E-state index contributed by atoms with van der Waals surface area (Å²) in [5.41, 5.74) is 2.28. The molecule has 0 aromatic heterocycles. The normalized spacial score (nSPS) is 23.0. The fourth-order valence-electron chi connectivity index (χ4n) is 4.00. The number of aromatic carboxylic acids is 1. The lowest BCUT2D eigenvalue weighted by atomic mass is 9.76. The highest BCUT2D eigenvalue weighted by Crippen LogP contribution is 2.52. The van der Waals surface area contributed by atoms with E-state index in [2.05, 4.69) is 5.32 Å². The Kier molecular flexibility index (Phi) is 3.92. The predicted molar refractivity (Wildman–Crippen MR) is 97.9 cm³/mol. The van der Waals surface area contributed by atoms with Gasteiger partial charge in [0.15, 0.2) is 0 Å². The molecule has 2 aliphatic rings. The van der Waals surface area contributed by atoms with Crippen molar-refractivity contribution in [1.29, 1.82) is 0 Å². The van der Waals surface area contributed by atoms with Crippen LogP contribution in [-0.2, 0) is 0 Å². The molecule has 4 rings (SSSR count). The summed E-state index contributed by atoms with van der Waals surface area (Å²) in [5, 5.41) is 24.4. The number of carboxylic acids is 1. The molecule has 6 nitrogen and oxygen atoms in total. The highest BCUT2D eigenvalue weighted by molar-refractivity contribution is 6.33. The van der Waals surface area contributed by atoms with Crippen LogP contribution in [0.25, 0.3) is 0 Å². The number of hydrogen-bond donors (Lipinski definition) is 2. The smallest absolute Gasteiger partial charge is 0.335 e. The van der Waals surface area contributed by atoms with Crippen molar-refractivity contribution in [1.82, 2.24) is 0 Å². The summed E-state index contributed by atoms with van der Waals surface area (Å²) in [5.74, 6) is -1.01. The number of halogens is 1. The Morgan fingerprint density at radius 2 is 2.04 bits per heavy atom. The number of para-hydroxylation sites is 1. The first kappa shape index (κ1) is 16.6. The third-order valence-electron chi connectivity index (χ3n) is 5.14. The minimum Gasteiger partial charge on any atom is -0.478 e. The van der Waals surface area contributed by atoms with Crippen LogP contribution in [0.3, 0.4) is 0 Å². The fourth-order valence-corrected chi connectivity index (χ4v) is 4.28.